The number of likely N-dealkylation sites (N-methyl/N-ethyl adjacent to an activating group) is 1. The molecule has 0 aliphatic carbocycles. The molecule has 0 aromatic rings. The van der Waals surface area contributed by atoms with Crippen molar-refractivity contribution >= 4 is 13.7 Å². The number of carbonyl (C=O) groups excluding carboxylic acids is 1. The molecule has 1 amide bonds. The van der Waals surface area contributed by atoms with E-state index < -0.39 is 20.0 Å². The number of amides is 1. The van der Waals surface area contributed by atoms with Crippen molar-refractivity contribution in [2.45, 2.75) is 193 Å². The Morgan fingerprint density at radius 1 is 0.545 bits per heavy atom. The first-order valence-electron chi connectivity index (χ1n) is 25.9. The molecule has 3 unspecified atom stereocenters. The summed E-state index contributed by atoms with van der Waals surface area (Å²) in [5.74, 6) is -0.188. The number of phosphoric acid groups is 1. The minimum atomic E-state index is -4.55. The van der Waals surface area contributed by atoms with E-state index in [-0.39, 0.29) is 19.1 Å². The van der Waals surface area contributed by atoms with Gasteiger partial charge in [-0.15, -0.1) is 0 Å². The van der Waals surface area contributed by atoms with Crippen LogP contribution in [-0.4, -0.2) is 68.5 Å². The second-order valence-corrected chi connectivity index (χ2v) is 19.6. The molecule has 0 aromatic carbocycles. The molecule has 66 heavy (non-hydrogen) atoms. The molecule has 0 fully saturated rings. The van der Waals surface area contributed by atoms with Gasteiger partial charge in [0.05, 0.1) is 39.9 Å². The number of carbonyl (C=O) groups is 1. The van der Waals surface area contributed by atoms with Crippen LogP contribution in [0.4, 0.5) is 0 Å². The van der Waals surface area contributed by atoms with Gasteiger partial charge >= 0.3 is 0 Å². The van der Waals surface area contributed by atoms with Gasteiger partial charge in [0.2, 0.25) is 5.91 Å². The molecule has 0 heterocycles. The normalized spacial score (nSPS) is 15.1. The van der Waals surface area contributed by atoms with Crippen molar-refractivity contribution in [2.24, 2.45) is 0 Å². The number of unbranched alkanes of at least 4 members (excludes halogenated alkanes) is 12. The lowest BCUT2D eigenvalue weighted by Crippen LogP contribution is -2.46. The number of phosphoric ester groups is 1. The van der Waals surface area contributed by atoms with Gasteiger partial charge < -0.3 is 28.8 Å². The largest absolute Gasteiger partial charge is 0.756 e. The molecule has 0 saturated carbocycles. The van der Waals surface area contributed by atoms with Crippen LogP contribution >= 0.6 is 7.82 Å². The average molecular weight is 937 g/mol. The molecular weight excluding hydrogens is 840 g/mol. The van der Waals surface area contributed by atoms with E-state index in [2.05, 4.69) is 141 Å². The number of hydrogen-bond donors (Lipinski definition) is 2. The standard InChI is InChI=1S/C57H97N2O6P/c1-6-8-10-11-12-13-14-15-16-17-18-19-20-21-22-23-24-25-26-27-28-29-30-31-32-33-34-35-36-37-38-39-40-41-42-43-44-45-46-47-49-51-57(61)58-55(56(60)50-48-9-7-2)54-65-66(62,63)64-53-52-59(3,4)5/h8,10,12-13,15-16,18-19,21-22,24-25,27-28,30-31,33-34,36-37,55-56,60H,6-7,9,11,14,17,20,23,26,29,32,35,38-54H2,1-5H3,(H-,58,61,62,63)/b10-8-,13-12-,16-15-,19-18-,22-21-,25-24-,28-27-,31-30-,34-33-,37-36-. The quantitative estimate of drug-likeness (QED) is 0.0273. The first-order chi connectivity index (χ1) is 32.0. The van der Waals surface area contributed by atoms with Crippen LogP contribution in [0.25, 0.3) is 0 Å². The fraction of sp³-hybridized carbons (Fsp3) is 0.632. The number of nitrogens with one attached hydrogen (secondary N) is 1. The minimum Gasteiger partial charge on any atom is -0.756 e. The van der Waals surface area contributed by atoms with Crippen LogP contribution in [0.2, 0.25) is 0 Å². The topological polar surface area (TPSA) is 108 Å². The van der Waals surface area contributed by atoms with Crippen LogP contribution in [0.5, 0.6) is 0 Å². The van der Waals surface area contributed by atoms with E-state index in [0.29, 0.717) is 23.9 Å². The lowest BCUT2D eigenvalue weighted by Gasteiger charge is -2.30. The molecule has 9 heteroatoms. The van der Waals surface area contributed by atoms with Gasteiger partial charge in [-0.2, -0.15) is 0 Å². The summed E-state index contributed by atoms with van der Waals surface area (Å²) in [4.78, 5) is 25.0. The molecule has 0 radical (unpaired) electrons. The summed E-state index contributed by atoms with van der Waals surface area (Å²) in [7, 11) is 1.28. The minimum absolute atomic E-state index is 0.00407. The van der Waals surface area contributed by atoms with Crippen LogP contribution in [0.15, 0.2) is 122 Å². The van der Waals surface area contributed by atoms with E-state index in [1.165, 1.54) is 44.9 Å². The summed E-state index contributed by atoms with van der Waals surface area (Å²) in [6, 6.07) is -0.805. The lowest BCUT2D eigenvalue weighted by atomic mass is 10.0. The fourth-order valence-electron chi connectivity index (χ4n) is 6.65. The van der Waals surface area contributed by atoms with Crippen LogP contribution < -0.4 is 10.2 Å². The second-order valence-electron chi connectivity index (χ2n) is 18.1. The number of hydrogen-bond acceptors (Lipinski definition) is 6. The van der Waals surface area contributed by atoms with Crippen molar-refractivity contribution in [2.75, 3.05) is 40.9 Å². The van der Waals surface area contributed by atoms with Crippen LogP contribution in [0, 0.1) is 0 Å². The zero-order valence-corrected chi connectivity index (χ0v) is 43.5. The van der Waals surface area contributed by atoms with E-state index in [1.807, 2.05) is 21.1 Å². The predicted octanol–water partition coefficient (Wildman–Crippen LogP) is 14.8. The van der Waals surface area contributed by atoms with Gasteiger partial charge in [0.1, 0.15) is 13.2 Å². The van der Waals surface area contributed by atoms with Crippen molar-refractivity contribution in [3.8, 4) is 0 Å². The molecule has 0 aromatic heterocycles. The van der Waals surface area contributed by atoms with E-state index in [0.717, 1.165) is 109 Å². The van der Waals surface area contributed by atoms with Crippen molar-refractivity contribution in [3.63, 3.8) is 0 Å². The molecule has 376 valence electrons. The number of nitrogens with zero attached hydrogens (tertiary/aromatic N) is 1. The lowest BCUT2D eigenvalue weighted by molar-refractivity contribution is -0.870. The summed E-state index contributed by atoms with van der Waals surface area (Å²) < 4.78 is 23.0. The smallest absolute Gasteiger partial charge is 0.268 e. The number of quaternary nitrogens is 1. The van der Waals surface area contributed by atoms with Gasteiger partial charge in [-0.1, -0.05) is 206 Å². The Labute approximate surface area is 405 Å². The Morgan fingerprint density at radius 2 is 0.924 bits per heavy atom. The van der Waals surface area contributed by atoms with Crippen molar-refractivity contribution in [3.05, 3.63) is 122 Å². The van der Waals surface area contributed by atoms with E-state index in [9.17, 15) is 19.4 Å². The van der Waals surface area contributed by atoms with Crippen molar-refractivity contribution in [1.29, 1.82) is 0 Å². The Balaban J connectivity index is 3.84. The Hall–Kier alpha value is -3.10. The Morgan fingerprint density at radius 3 is 1.32 bits per heavy atom. The molecule has 0 spiro atoms. The number of aliphatic hydroxyl groups is 1. The third-order valence-corrected chi connectivity index (χ3v) is 11.7. The predicted molar refractivity (Wildman–Crippen MR) is 283 cm³/mol. The Bertz CT molecular complexity index is 1480. The van der Waals surface area contributed by atoms with Gasteiger partial charge in [0.25, 0.3) is 7.82 Å². The summed E-state index contributed by atoms with van der Waals surface area (Å²) in [5.41, 5.74) is 0. The van der Waals surface area contributed by atoms with E-state index in [1.54, 1.807) is 0 Å². The second kappa shape index (κ2) is 47.0. The third-order valence-electron chi connectivity index (χ3n) is 10.7. The van der Waals surface area contributed by atoms with Gasteiger partial charge in [0.15, 0.2) is 0 Å². The van der Waals surface area contributed by atoms with E-state index in [4.69, 9.17) is 9.05 Å². The SMILES string of the molecule is CC/C=C\C/C=C\C/C=C\C/C=C\C/C=C\C/C=C\C/C=C\C/C=C\C/C=C\C/C=C\CCCCCCCCCCCCC(=O)NC(COP(=O)([O-])OCC[N+](C)(C)C)C(O)CCCCC. The maximum atomic E-state index is 12.7. The van der Waals surface area contributed by atoms with Crippen LogP contribution in [-0.2, 0) is 18.4 Å². The monoisotopic (exact) mass is 937 g/mol. The zero-order valence-electron chi connectivity index (χ0n) is 42.6. The zero-order chi connectivity index (χ0) is 48.5. The third kappa shape index (κ3) is 48.8. The first kappa shape index (κ1) is 62.9. The van der Waals surface area contributed by atoms with Crippen LogP contribution in [0.3, 0.4) is 0 Å². The molecular formula is C57H97N2O6P. The molecule has 0 aliphatic rings. The number of rotatable bonds is 45. The molecule has 2 N–H and O–H groups in total. The number of allylic oxidation sites excluding steroid dienone is 20. The fourth-order valence-corrected chi connectivity index (χ4v) is 7.38. The van der Waals surface area contributed by atoms with Crippen LogP contribution in [0.1, 0.15) is 181 Å². The highest BCUT2D eigenvalue weighted by atomic mass is 31.2. The summed E-state index contributed by atoms with van der Waals surface area (Å²) in [5, 5.41) is 13.6. The molecule has 0 rings (SSSR count). The van der Waals surface area contributed by atoms with Gasteiger partial charge in [-0.3, -0.25) is 9.36 Å². The first-order valence-corrected chi connectivity index (χ1v) is 27.3. The molecule has 0 saturated heterocycles. The molecule has 3 atom stereocenters. The van der Waals surface area contributed by atoms with Crippen molar-refractivity contribution < 1.29 is 32.9 Å². The summed E-state index contributed by atoms with van der Waals surface area (Å²) in [6.07, 6.45) is 70.4. The highest BCUT2D eigenvalue weighted by molar-refractivity contribution is 7.45. The maximum absolute atomic E-state index is 12.7. The Kier molecular flexibility index (Phi) is 44.8. The highest BCUT2D eigenvalue weighted by Crippen LogP contribution is 2.38. The van der Waals surface area contributed by atoms with Gasteiger partial charge in [0, 0.05) is 6.42 Å². The maximum Gasteiger partial charge on any atom is 0.268 e. The van der Waals surface area contributed by atoms with Gasteiger partial charge in [-0.25, -0.2) is 0 Å². The van der Waals surface area contributed by atoms with Gasteiger partial charge in [-0.05, 0) is 89.9 Å². The summed E-state index contributed by atoms with van der Waals surface area (Å²) >= 11 is 0. The summed E-state index contributed by atoms with van der Waals surface area (Å²) in [6.45, 7) is 4.40. The highest BCUT2D eigenvalue weighted by Gasteiger charge is 2.24. The van der Waals surface area contributed by atoms with E-state index >= 15 is 0 Å². The number of aliphatic hydroxyl groups excluding tert-OH is 1. The average Bonchev–Trinajstić information content (AvgIpc) is 3.27. The molecule has 0 aliphatic heterocycles. The van der Waals surface area contributed by atoms with Crippen molar-refractivity contribution in [1.82, 2.24) is 5.32 Å². The molecule has 8 nitrogen and oxygen atoms in total. The molecule has 0 bridgehead atoms.